The maximum atomic E-state index is 13.1. The summed E-state index contributed by atoms with van der Waals surface area (Å²) in [7, 11) is 1.76. The molecule has 0 spiro atoms. The lowest BCUT2D eigenvalue weighted by Crippen LogP contribution is -2.03. The summed E-state index contributed by atoms with van der Waals surface area (Å²) in [6.07, 6.45) is 2.80. The lowest BCUT2D eigenvalue weighted by Gasteiger charge is -2.10. The Labute approximate surface area is 137 Å². The van der Waals surface area contributed by atoms with E-state index in [1.807, 2.05) is 6.07 Å². The van der Waals surface area contributed by atoms with Crippen molar-refractivity contribution in [3.63, 3.8) is 0 Å². The van der Waals surface area contributed by atoms with Crippen LogP contribution in [0.1, 0.15) is 5.69 Å². The molecule has 24 heavy (non-hydrogen) atoms. The lowest BCUT2D eigenvalue weighted by atomic mass is 10.1. The normalized spacial score (nSPS) is 10.0. The number of halogens is 1. The van der Waals surface area contributed by atoms with Gasteiger partial charge in [0.15, 0.2) is 11.5 Å². The smallest absolute Gasteiger partial charge is 0.158 e. The minimum absolute atomic E-state index is 0.231. The second kappa shape index (κ2) is 6.66. The zero-order valence-electron chi connectivity index (χ0n) is 12.7. The highest BCUT2D eigenvalue weighted by molar-refractivity contribution is 5.76. The number of nitrogens with zero attached hydrogens (tertiary/aromatic N) is 5. The maximum Gasteiger partial charge on any atom is 0.158 e. The number of aromatic nitrogens is 4. The summed E-state index contributed by atoms with van der Waals surface area (Å²) in [5.41, 5.74) is 2.31. The SMILES string of the molecule is CNc1cc(Nc2cnc(C#N)cn2)nnc1-c1ccc(F)cc1. The molecule has 1 aromatic carbocycles. The largest absolute Gasteiger partial charge is 0.386 e. The van der Waals surface area contributed by atoms with Gasteiger partial charge in [-0.1, -0.05) is 0 Å². The van der Waals surface area contributed by atoms with Gasteiger partial charge >= 0.3 is 0 Å². The second-order valence-electron chi connectivity index (χ2n) is 4.77. The Hall–Kier alpha value is -3.60. The average molecular weight is 321 g/mol. The van der Waals surface area contributed by atoms with Gasteiger partial charge in [-0.05, 0) is 24.3 Å². The predicted molar refractivity (Wildman–Crippen MR) is 87.0 cm³/mol. The average Bonchev–Trinajstić information content (AvgIpc) is 2.63. The van der Waals surface area contributed by atoms with Gasteiger partial charge in [0.25, 0.3) is 0 Å². The molecule has 0 fully saturated rings. The fourth-order valence-electron chi connectivity index (χ4n) is 2.05. The van der Waals surface area contributed by atoms with Crippen LogP contribution in [0.15, 0.2) is 42.7 Å². The molecule has 3 rings (SSSR count). The van der Waals surface area contributed by atoms with Gasteiger partial charge in [-0.25, -0.2) is 14.4 Å². The van der Waals surface area contributed by atoms with Crippen LogP contribution in [0.5, 0.6) is 0 Å². The van der Waals surface area contributed by atoms with Crippen molar-refractivity contribution in [3.8, 4) is 17.3 Å². The highest BCUT2D eigenvalue weighted by atomic mass is 19.1. The predicted octanol–water partition coefficient (Wildman–Crippen LogP) is 2.73. The number of nitriles is 1. The summed E-state index contributed by atoms with van der Waals surface area (Å²) >= 11 is 0. The number of anilines is 3. The third kappa shape index (κ3) is 3.25. The van der Waals surface area contributed by atoms with E-state index in [0.29, 0.717) is 17.3 Å². The van der Waals surface area contributed by atoms with Crippen molar-refractivity contribution in [2.75, 3.05) is 17.7 Å². The molecule has 0 bridgehead atoms. The number of nitrogens with one attached hydrogen (secondary N) is 2. The van der Waals surface area contributed by atoms with Gasteiger partial charge in [0, 0.05) is 18.7 Å². The van der Waals surface area contributed by atoms with Crippen molar-refractivity contribution in [2.24, 2.45) is 0 Å². The molecule has 0 aliphatic rings. The van der Waals surface area contributed by atoms with Crippen molar-refractivity contribution in [3.05, 3.63) is 54.2 Å². The molecule has 0 aliphatic heterocycles. The van der Waals surface area contributed by atoms with Gasteiger partial charge in [0.05, 0.1) is 18.1 Å². The summed E-state index contributed by atoms with van der Waals surface area (Å²) in [6, 6.07) is 9.67. The molecular weight excluding hydrogens is 309 g/mol. The Morgan fingerprint density at radius 1 is 1.04 bits per heavy atom. The monoisotopic (exact) mass is 321 g/mol. The highest BCUT2D eigenvalue weighted by Gasteiger charge is 2.09. The Morgan fingerprint density at radius 3 is 2.46 bits per heavy atom. The molecule has 2 heterocycles. The van der Waals surface area contributed by atoms with E-state index < -0.39 is 0 Å². The second-order valence-corrected chi connectivity index (χ2v) is 4.77. The molecule has 8 heteroatoms. The molecule has 0 saturated carbocycles. The highest BCUT2D eigenvalue weighted by Crippen LogP contribution is 2.27. The number of hydrogen-bond acceptors (Lipinski definition) is 7. The fraction of sp³-hybridized carbons (Fsp3) is 0.0625. The third-order valence-corrected chi connectivity index (χ3v) is 3.20. The van der Waals surface area contributed by atoms with Crippen LogP contribution in [0, 0.1) is 17.1 Å². The van der Waals surface area contributed by atoms with Crippen molar-refractivity contribution in [1.82, 2.24) is 20.2 Å². The maximum absolute atomic E-state index is 13.1. The molecule has 3 aromatic rings. The van der Waals surface area contributed by atoms with E-state index in [4.69, 9.17) is 5.26 Å². The molecule has 0 amide bonds. The third-order valence-electron chi connectivity index (χ3n) is 3.20. The molecule has 0 radical (unpaired) electrons. The quantitative estimate of drug-likeness (QED) is 0.762. The molecular formula is C16H12FN7. The van der Waals surface area contributed by atoms with E-state index in [1.165, 1.54) is 24.5 Å². The van der Waals surface area contributed by atoms with Gasteiger partial charge in [-0.2, -0.15) is 5.26 Å². The first kappa shape index (κ1) is 15.3. The summed E-state index contributed by atoms with van der Waals surface area (Å²) in [6.45, 7) is 0. The van der Waals surface area contributed by atoms with Gasteiger partial charge < -0.3 is 10.6 Å². The van der Waals surface area contributed by atoms with E-state index in [0.717, 1.165) is 11.3 Å². The van der Waals surface area contributed by atoms with E-state index in [1.54, 1.807) is 25.2 Å². The zero-order chi connectivity index (χ0) is 16.9. The molecule has 0 aliphatic carbocycles. The molecule has 7 nitrogen and oxygen atoms in total. The number of rotatable bonds is 4. The first-order chi connectivity index (χ1) is 11.7. The summed E-state index contributed by atoms with van der Waals surface area (Å²) < 4.78 is 13.1. The van der Waals surface area contributed by atoms with Crippen molar-refractivity contribution in [1.29, 1.82) is 5.26 Å². The van der Waals surface area contributed by atoms with Gasteiger partial charge in [-0.3, -0.25) is 0 Å². The van der Waals surface area contributed by atoms with E-state index >= 15 is 0 Å². The van der Waals surface area contributed by atoms with Crippen molar-refractivity contribution >= 4 is 17.3 Å². The van der Waals surface area contributed by atoms with Gasteiger partial charge in [0.1, 0.15) is 23.4 Å². The lowest BCUT2D eigenvalue weighted by molar-refractivity contribution is 0.628. The minimum Gasteiger partial charge on any atom is -0.386 e. The van der Waals surface area contributed by atoms with Crippen LogP contribution in [0.2, 0.25) is 0 Å². The molecule has 0 unspecified atom stereocenters. The van der Waals surface area contributed by atoms with Crippen LogP contribution >= 0.6 is 0 Å². The van der Waals surface area contributed by atoms with E-state index in [-0.39, 0.29) is 11.5 Å². The molecule has 118 valence electrons. The molecule has 0 atom stereocenters. The van der Waals surface area contributed by atoms with Crippen molar-refractivity contribution < 1.29 is 4.39 Å². The Kier molecular flexibility index (Phi) is 4.25. The Bertz CT molecular complexity index is 886. The standard InChI is InChI=1S/C16H12FN7/c1-19-13-6-14(22-15-9-20-12(7-18)8-21-15)23-24-16(13)10-2-4-11(17)5-3-10/h2-6,8-9H,1H3,(H2,19,21,22,23). The first-order valence-corrected chi connectivity index (χ1v) is 7.00. The summed E-state index contributed by atoms with van der Waals surface area (Å²) in [5.74, 6) is 0.597. The van der Waals surface area contributed by atoms with Crippen LogP contribution in [0.3, 0.4) is 0 Å². The molecule has 0 saturated heterocycles. The zero-order valence-corrected chi connectivity index (χ0v) is 12.7. The summed E-state index contributed by atoms with van der Waals surface area (Å²) in [4.78, 5) is 7.99. The minimum atomic E-state index is -0.310. The topological polar surface area (TPSA) is 99.4 Å². The Balaban J connectivity index is 1.88. The van der Waals surface area contributed by atoms with Crippen LogP contribution in [-0.4, -0.2) is 27.2 Å². The molecule has 2 N–H and O–H groups in total. The Morgan fingerprint density at radius 2 is 1.83 bits per heavy atom. The number of benzene rings is 1. The van der Waals surface area contributed by atoms with E-state index in [9.17, 15) is 4.39 Å². The van der Waals surface area contributed by atoms with Crippen LogP contribution in [0.25, 0.3) is 11.3 Å². The summed E-state index contributed by atoms with van der Waals surface area (Å²) in [5, 5.41) is 23.0. The fourth-order valence-corrected chi connectivity index (χ4v) is 2.05. The van der Waals surface area contributed by atoms with Gasteiger partial charge in [-0.15, -0.1) is 10.2 Å². The van der Waals surface area contributed by atoms with Crippen LogP contribution in [0.4, 0.5) is 21.7 Å². The van der Waals surface area contributed by atoms with Crippen LogP contribution < -0.4 is 10.6 Å². The van der Waals surface area contributed by atoms with Crippen LogP contribution in [-0.2, 0) is 0 Å². The first-order valence-electron chi connectivity index (χ1n) is 7.00. The van der Waals surface area contributed by atoms with Crippen molar-refractivity contribution in [2.45, 2.75) is 0 Å². The number of hydrogen-bond donors (Lipinski definition) is 2. The van der Waals surface area contributed by atoms with E-state index in [2.05, 4.69) is 30.8 Å². The van der Waals surface area contributed by atoms with Gasteiger partial charge in [0.2, 0.25) is 0 Å². The molecule has 2 aromatic heterocycles.